The summed E-state index contributed by atoms with van der Waals surface area (Å²) in [7, 11) is 0. The number of ether oxygens (including phenoxy) is 1. The van der Waals surface area contributed by atoms with Crippen molar-refractivity contribution in [2.45, 2.75) is 77.9 Å². The molecule has 1 rings (SSSR count). The van der Waals surface area contributed by atoms with Crippen molar-refractivity contribution in [1.82, 2.24) is 0 Å². The van der Waals surface area contributed by atoms with Gasteiger partial charge < -0.3 is 9.84 Å². The summed E-state index contributed by atoms with van der Waals surface area (Å²) in [6.45, 7) is 7.63. The van der Waals surface area contributed by atoms with Crippen molar-refractivity contribution in [3.8, 4) is 0 Å². The van der Waals surface area contributed by atoms with Crippen LogP contribution in [0.3, 0.4) is 0 Å². The van der Waals surface area contributed by atoms with Crippen molar-refractivity contribution in [3.05, 3.63) is 11.6 Å². The monoisotopic (exact) mass is 268 g/mol. The first-order chi connectivity index (χ1) is 8.81. The highest BCUT2D eigenvalue weighted by atomic mass is 16.6. The summed E-state index contributed by atoms with van der Waals surface area (Å²) in [5, 5.41) is 9.65. The van der Waals surface area contributed by atoms with Crippen LogP contribution in [0.25, 0.3) is 0 Å². The third-order valence-corrected chi connectivity index (χ3v) is 3.49. The number of hydrogen-bond donors (Lipinski definition) is 1. The minimum atomic E-state index is -0.438. The molecule has 0 saturated heterocycles. The lowest BCUT2D eigenvalue weighted by Crippen LogP contribution is -2.25. The molecule has 0 aromatic heterocycles. The SMILES string of the molecule is CC/C(=C\CC1CCCC(O)C1)C(=O)OC(C)(C)C. The van der Waals surface area contributed by atoms with Gasteiger partial charge in [-0.15, -0.1) is 0 Å². The van der Waals surface area contributed by atoms with Crippen molar-refractivity contribution >= 4 is 5.97 Å². The lowest BCUT2D eigenvalue weighted by Gasteiger charge is -2.25. The Hall–Kier alpha value is -0.830. The van der Waals surface area contributed by atoms with Crippen LogP contribution in [0, 0.1) is 5.92 Å². The highest BCUT2D eigenvalue weighted by Gasteiger charge is 2.21. The summed E-state index contributed by atoms with van der Waals surface area (Å²) in [6, 6.07) is 0. The zero-order valence-electron chi connectivity index (χ0n) is 12.7. The molecule has 19 heavy (non-hydrogen) atoms. The van der Waals surface area contributed by atoms with Crippen molar-refractivity contribution in [3.63, 3.8) is 0 Å². The molecular weight excluding hydrogens is 240 g/mol. The van der Waals surface area contributed by atoms with Gasteiger partial charge in [-0.2, -0.15) is 0 Å². The van der Waals surface area contributed by atoms with E-state index in [1.54, 1.807) is 0 Å². The van der Waals surface area contributed by atoms with Crippen LogP contribution in [0.2, 0.25) is 0 Å². The molecule has 0 aromatic carbocycles. The number of allylic oxidation sites excluding steroid dienone is 1. The van der Waals surface area contributed by atoms with Gasteiger partial charge in [-0.05, 0) is 58.8 Å². The molecule has 0 aromatic rings. The molecule has 2 unspecified atom stereocenters. The Labute approximate surface area is 117 Å². The largest absolute Gasteiger partial charge is 0.457 e. The zero-order valence-corrected chi connectivity index (χ0v) is 12.7. The fourth-order valence-electron chi connectivity index (χ4n) is 2.50. The number of aliphatic hydroxyl groups is 1. The van der Waals surface area contributed by atoms with Crippen LogP contribution in [0.5, 0.6) is 0 Å². The van der Waals surface area contributed by atoms with E-state index in [1.807, 2.05) is 33.8 Å². The van der Waals surface area contributed by atoms with Crippen LogP contribution >= 0.6 is 0 Å². The Morgan fingerprint density at radius 1 is 1.37 bits per heavy atom. The number of aliphatic hydroxyl groups excluding tert-OH is 1. The minimum Gasteiger partial charge on any atom is -0.457 e. The maximum Gasteiger partial charge on any atom is 0.334 e. The van der Waals surface area contributed by atoms with Gasteiger partial charge in [0.25, 0.3) is 0 Å². The number of esters is 1. The molecule has 3 heteroatoms. The normalized spacial score (nSPS) is 25.2. The highest BCUT2D eigenvalue weighted by molar-refractivity contribution is 5.88. The van der Waals surface area contributed by atoms with Crippen molar-refractivity contribution in [2.24, 2.45) is 5.92 Å². The summed E-state index contributed by atoms with van der Waals surface area (Å²) in [5.74, 6) is 0.305. The topological polar surface area (TPSA) is 46.5 Å². The van der Waals surface area contributed by atoms with Crippen LogP contribution < -0.4 is 0 Å². The number of rotatable bonds is 4. The summed E-state index contributed by atoms with van der Waals surface area (Å²) in [6.07, 6.45) is 7.46. The molecule has 110 valence electrons. The van der Waals surface area contributed by atoms with Gasteiger partial charge in [-0.25, -0.2) is 4.79 Å². The second-order valence-corrected chi connectivity index (χ2v) is 6.51. The molecule has 1 aliphatic rings. The van der Waals surface area contributed by atoms with Crippen LogP contribution in [0.4, 0.5) is 0 Å². The fraction of sp³-hybridized carbons (Fsp3) is 0.812. The van der Waals surface area contributed by atoms with Gasteiger partial charge in [-0.1, -0.05) is 19.4 Å². The van der Waals surface area contributed by atoms with Crippen LogP contribution in [0.15, 0.2) is 11.6 Å². The van der Waals surface area contributed by atoms with E-state index in [0.717, 1.165) is 37.7 Å². The van der Waals surface area contributed by atoms with Gasteiger partial charge in [0, 0.05) is 5.57 Å². The number of carbonyl (C=O) groups is 1. The van der Waals surface area contributed by atoms with Gasteiger partial charge in [0.15, 0.2) is 0 Å². The van der Waals surface area contributed by atoms with Crippen molar-refractivity contribution < 1.29 is 14.6 Å². The van der Waals surface area contributed by atoms with Crippen LogP contribution in [0.1, 0.15) is 66.2 Å². The molecule has 0 bridgehead atoms. The van der Waals surface area contributed by atoms with Gasteiger partial charge in [0.05, 0.1) is 6.10 Å². The van der Waals surface area contributed by atoms with E-state index in [-0.39, 0.29) is 12.1 Å². The van der Waals surface area contributed by atoms with E-state index in [9.17, 15) is 9.90 Å². The smallest absolute Gasteiger partial charge is 0.334 e. The van der Waals surface area contributed by atoms with E-state index in [2.05, 4.69) is 0 Å². The average Bonchev–Trinajstić information content (AvgIpc) is 2.27. The molecule has 2 atom stereocenters. The van der Waals surface area contributed by atoms with E-state index in [0.29, 0.717) is 12.3 Å². The van der Waals surface area contributed by atoms with E-state index < -0.39 is 5.60 Å². The first-order valence-electron chi connectivity index (χ1n) is 7.42. The van der Waals surface area contributed by atoms with Gasteiger partial charge in [0.1, 0.15) is 5.60 Å². The predicted molar refractivity (Wildman–Crippen MR) is 76.8 cm³/mol. The second kappa shape index (κ2) is 7.09. The van der Waals surface area contributed by atoms with Gasteiger partial charge in [-0.3, -0.25) is 0 Å². The molecule has 3 nitrogen and oxygen atoms in total. The Bertz CT molecular complexity index is 325. The first-order valence-corrected chi connectivity index (χ1v) is 7.42. The molecular formula is C16H28O3. The molecule has 0 spiro atoms. The summed E-state index contributed by atoms with van der Waals surface area (Å²) in [5.41, 5.74) is 0.321. The quantitative estimate of drug-likeness (QED) is 0.626. The Kier molecular flexibility index (Phi) is 6.05. The Morgan fingerprint density at radius 3 is 2.58 bits per heavy atom. The molecule has 1 fully saturated rings. The standard InChI is InChI=1S/C16H28O3/c1-5-13(15(18)19-16(2,3)4)10-9-12-7-6-8-14(17)11-12/h10,12,14,17H,5-9,11H2,1-4H3/b13-10+. The summed E-state index contributed by atoms with van der Waals surface area (Å²) in [4.78, 5) is 12.0. The summed E-state index contributed by atoms with van der Waals surface area (Å²) >= 11 is 0. The highest BCUT2D eigenvalue weighted by Crippen LogP contribution is 2.28. The summed E-state index contributed by atoms with van der Waals surface area (Å²) < 4.78 is 5.40. The zero-order chi connectivity index (χ0) is 14.5. The van der Waals surface area contributed by atoms with Crippen LogP contribution in [-0.2, 0) is 9.53 Å². The molecule has 1 saturated carbocycles. The van der Waals surface area contributed by atoms with Crippen LogP contribution in [-0.4, -0.2) is 22.8 Å². The first kappa shape index (κ1) is 16.2. The molecule has 0 amide bonds. The minimum absolute atomic E-state index is 0.154. The average molecular weight is 268 g/mol. The third-order valence-electron chi connectivity index (χ3n) is 3.49. The van der Waals surface area contributed by atoms with E-state index in [4.69, 9.17) is 4.74 Å². The third kappa shape index (κ3) is 6.24. The lowest BCUT2D eigenvalue weighted by molar-refractivity contribution is -0.150. The molecule has 0 aliphatic heterocycles. The van der Waals surface area contributed by atoms with Gasteiger partial charge in [0.2, 0.25) is 0 Å². The number of carbonyl (C=O) groups excluding carboxylic acids is 1. The molecule has 1 N–H and O–H groups in total. The Balaban J connectivity index is 2.54. The van der Waals surface area contributed by atoms with E-state index in [1.165, 1.54) is 0 Å². The fourth-order valence-corrected chi connectivity index (χ4v) is 2.50. The number of hydrogen-bond acceptors (Lipinski definition) is 3. The molecule has 0 heterocycles. The van der Waals surface area contributed by atoms with E-state index >= 15 is 0 Å². The maximum atomic E-state index is 12.0. The maximum absolute atomic E-state index is 12.0. The molecule has 1 aliphatic carbocycles. The predicted octanol–water partition coefficient (Wildman–Crippen LogP) is 3.61. The van der Waals surface area contributed by atoms with Gasteiger partial charge >= 0.3 is 5.97 Å². The lowest BCUT2D eigenvalue weighted by atomic mass is 9.84. The van der Waals surface area contributed by atoms with Crippen molar-refractivity contribution in [2.75, 3.05) is 0 Å². The second-order valence-electron chi connectivity index (χ2n) is 6.51. The van der Waals surface area contributed by atoms with Crippen molar-refractivity contribution in [1.29, 1.82) is 0 Å². The molecule has 0 radical (unpaired) electrons. The Morgan fingerprint density at radius 2 is 2.05 bits per heavy atom.